The van der Waals surface area contributed by atoms with Crippen molar-refractivity contribution in [2.24, 2.45) is 7.05 Å². The van der Waals surface area contributed by atoms with Gasteiger partial charge in [0.1, 0.15) is 0 Å². The molecule has 1 atom stereocenters. The quantitative estimate of drug-likeness (QED) is 0.940. The summed E-state index contributed by atoms with van der Waals surface area (Å²) in [7, 11) is 3.95. The molecule has 0 saturated heterocycles. The molecule has 1 N–H and O–H groups in total. The number of hydrogen-bond donors (Lipinski definition) is 1. The molecule has 0 spiro atoms. The van der Waals surface area contributed by atoms with E-state index in [4.69, 9.17) is 0 Å². The molecule has 0 aliphatic heterocycles. The third-order valence-electron chi connectivity index (χ3n) is 3.04. The Morgan fingerprint density at radius 2 is 2.21 bits per heavy atom. The lowest BCUT2D eigenvalue weighted by atomic mass is 10.1. The van der Waals surface area contributed by atoms with Gasteiger partial charge in [0.15, 0.2) is 0 Å². The molecule has 19 heavy (non-hydrogen) atoms. The molecule has 1 heterocycles. The van der Waals surface area contributed by atoms with Crippen LogP contribution in [-0.2, 0) is 13.6 Å². The van der Waals surface area contributed by atoms with E-state index in [0.717, 1.165) is 27.8 Å². The average Bonchev–Trinajstić information content (AvgIpc) is 2.74. The highest BCUT2D eigenvalue weighted by Gasteiger charge is 2.10. The van der Waals surface area contributed by atoms with Crippen LogP contribution in [0, 0.1) is 0 Å². The second-order valence-electron chi connectivity index (χ2n) is 4.77. The van der Waals surface area contributed by atoms with E-state index < -0.39 is 6.10 Å². The highest BCUT2D eigenvalue weighted by atomic mass is 79.9. The van der Waals surface area contributed by atoms with Gasteiger partial charge in [-0.15, -0.1) is 0 Å². The van der Waals surface area contributed by atoms with E-state index in [-0.39, 0.29) is 0 Å². The van der Waals surface area contributed by atoms with E-state index in [1.54, 1.807) is 11.6 Å². The fourth-order valence-electron chi connectivity index (χ4n) is 2.01. The first-order chi connectivity index (χ1) is 8.97. The molecule has 1 unspecified atom stereocenters. The van der Waals surface area contributed by atoms with Crippen LogP contribution in [0.2, 0.25) is 0 Å². The molecule has 0 fully saturated rings. The molecule has 0 aliphatic carbocycles. The van der Waals surface area contributed by atoms with Crippen molar-refractivity contribution in [3.8, 4) is 0 Å². The van der Waals surface area contributed by atoms with Crippen LogP contribution in [0.3, 0.4) is 0 Å². The third-order valence-corrected chi connectivity index (χ3v) is 3.68. The number of anilines is 1. The number of nitrogens with zero attached hydrogens (tertiary/aromatic N) is 3. The first-order valence-corrected chi connectivity index (χ1v) is 6.93. The van der Waals surface area contributed by atoms with Gasteiger partial charge < -0.3 is 10.0 Å². The fourth-order valence-corrected chi connectivity index (χ4v) is 2.70. The van der Waals surface area contributed by atoms with E-state index in [1.165, 1.54) is 0 Å². The van der Waals surface area contributed by atoms with Crippen LogP contribution in [0.15, 0.2) is 35.1 Å². The summed E-state index contributed by atoms with van der Waals surface area (Å²) in [5, 5.41) is 13.7. The van der Waals surface area contributed by atoms with Crippen molar-refractivity contribution in [3.05, 3.63) is 46.2 Å². The van der Waals surface area contributed by atoms with Gasteiger partial charge in [-0.3, -0.25) is 4.68 Å². The number of benzene rings is 1. The fraction of sp³-hybridized carbons (Fsp3) is 0.357. The Morgan fingerprint density at radius 3 is 2.74 bits per heavy atom. The van der Waals surface area contributed by atoms with Crippen LogP contribution >= 0.6 is 15.9 Å². The van der Waals surface area contributed by atoms with Crippen LogP contribution in [0.25, 0.3) is 0 Å². The molecule has 0 bridgehead atoms. The summed E-state index contributed by atoms with van der Waals surface area (Å²) >= 11 is 3.56. The minimum Gasteiger partial charge on any atom is -0.389 e. The predicted octanol–water partition coefficient (Wildman–Crippen LogP) is 2.87. The van der Waals surface area contributed by atoms with Gasteiger partial charge in [-0.1, -0.05) is 6.07 Å². The second kappa shape index (κ2) is 5.75. The van der Waals surface area contributed by atoms with Crippen LogP contribution in [0.5, 0.6) is 0 Å². The number of aliphatic hydroxyl groups excluding tert-OH is 1. The second-order valence-corrected chi connectivity index (χ2v) is 5.62. The van der Waals surface area contributed by atoms with Crippen molar-refractivity contribution >= 4 is 21.6 Å². The molecule has 0 radical (unpaired) electrons. The van der Waals surface area contributed by atoms with Crippen molar-refractivity contribution in [1.82, 2.24) is 9.78 Å². The molecule has 1 aromatic heterocycles. The monoisotopic (exact) mass is 323 g/mol. The maximum Gasteiger partial charge on any atom is 0.0762 e. The van der Waals surface area contributed by atoms with E-state index in [0.29, 0.717) is 0 Å². The minimum absolute atomic E-state index is 0.450. The topological polar surface area (TPSA) is 41.3 Å². The van der Waals surface area contributed by atoms with Crippen LogP contribution < -0.4 is 4.90 Å². The van der Waals surface area contributed by atoms with E-state index in [1.807, 2.05) is 44.7 Å². The lowest BCUT2D eigenvalue weighted by molar-refractivity contribution is 0.199. The summed E-state index contributed by atoms with van der Waals surface area (Å²) in [4.78, 5) is 2.15. The van der Waals surface area contributed by atoms with Crippen molar-refractivity contribution in [2.45, 2.75) is 19.6 Å². The van der Waals surface area contributed by atoms with E-state index in [2.05, 4.69) is 25.9 Å². The number of aryl methyl sites for hydroxylation is 1. The summed E-state index contributed by atoms with van der Waals surface area (Å²) in [5.74, 6) is 0. The summed E-state index contributed by atoms with van der Waals surface area (Å²) in [5.41, 5.74) is 3.16. The van der Waals surface area contributed by atoms with Gasteiger partial charge >= 0.3 is 0 Å². The zero-order chi connectivity index (χ0) is 14.0. The van der Waals surface area contributed by atoms with E-state index in [9.17, 15) is 5.11 Å². The number of halogens is 1. The SMILES string of the molecule is CC(O)c1ccc(N(C)Cc2cnn(C)c2)c(Br)c1. The van der Waals surface area contributed by atoms with Crippen LogP contribution in [0.4, 0.5) is 5.69 Å². The molecule has 0 saturated carbocycles. The molecule has 102 valence electrons. The summed E-state index contributed by atoms with van der Waals surface area (Å²) in [6.45, 7) is 2.56. The standard InChI is InChI=1S/C14H18BrN3O/c1-10(19)12-4-5-14(13(15)6-12)17(2)8-11-7-16-18(3)9-11/h4-7,9-10,19H,8H2,1-3H3. The molecular weight excluding hydrogens is 306 g/mol. The molecule has 5 heteroatoms. The predicted molar refractivity (Wildman–Crippen MR) is 80.1 cm³/mol. The number of hydrogen-bond acceptors (Lipinski definition) is 3. The van der Waals surface area contributed by atoms with Gasteiger partial charge in [0.2, 0.25) is 0 Å². The molecule has 1 aromatic carbocycles. The Morgan fingerprint density at radius 1 is 1.47 bits per heavy atom. The largest absolute Gasteiger partial charge is 0.389 e. The summed E-state index contributed by atoms with van der Waals surface area (Å²) in [6.07, 6.45) is 3.43. The number of aliphatic hydroxyl groups is 1. The first-order valence-electron chi connectivity index (χ1n) is 6.13. The highest BCUT2D eigenvalue weighted by Crippen LogP contribution is 2.29. The Labute approximate surface area is 121 Å². The van der Waals surface area contributed by atoms with Crippen molar-refractivity contribution in [3.63, 3.8) is 0 Å². The van der Waals surface area contributed by atoms with Gasteiger partial charge in [0.25, 0.3) is 0 Å². The normalized spacial score (nSPS) is 12.5. The lowest BCUT2D eigenvalue weighted by Crippen LogP contribution is -2.16. The summed E-state index contributed by atoms with van der Waals surface area (Å²) in [6, 6.07) is 5.92. The molecule has 4 nitrogen and oxygen atoms in total. The van der Waals surface area contributed by atoms with Crippen molar-refractivity contribution in [2.75, 3.05) is 11.9 Å². The first kappa shape index (κ1) is 14.1. The molecule has 2 rings (SSSR count). The van der Waals surface area contributed by atoms with Crippen LogP contribution in [0.1, 0.15) is 24.2 Å². The smallest absolute Gasteiger partial charge is 0.0762 e. The maximum absolute atomic E-state index is 9.57. The zero-order valence-electron chi connectivity index (χ0n) is 11.3. The molecular formula is C14H18BrN3O. The van der Waals surface area contributed by atoms with Crippen molar-refractivity contribution in [1.29, 1.82) is 0 Å². The summed E-state index contributed by atoms with van der Waals surface area (Å²) < 4.78 is 2.78. The van der Waals surface area contributed by atoms with Gasteiger partial charge in [-0.05, 0) is 40.5 Å². The van der Waals surface area contributed by atoms with Crippen molar-refractivity contribution < 1.29 is 5.11 Å². The Hall–Kier alpha value is -1.33. The van der Waals surface area contributed by atoms with Gasteiger partial charge in [0, 0.05) is 36.9 Å². The number of aromatic nitrogens is 2. The minimum atomic E-state index is -0.450. The lowest BCUT2D eigenvalue weighted by Gasteiger charge is -2.21. The average molecular weight is 324 g/mol. The van der Waals surface area contributed by atoms with Crippen LogP contribution in [-0.4, -0.2) is 21.9 Å². The Kier molecular flexibility index (Phi) is 4.27. The zero-order valence-corrected chi connectivity index (χ0v) is 12.9. The number of rotatable bonds is 4. The molecule has 0 amide bonds. The highest BCUT2D eigenvalue weighted by molar-refractivity contribution is 9.10. The third kappa shape index (κ3) is 3.36. The van der Waals surface area contributed by atoms with E-state index >= 15 is 0 Å². The van der Waals surface area contributed by atoms with Gasteiger partial charge in [-0.2, -0.15) is 5.10 Å². The Bertz CT molecular complexity index is 566. The molecule has 2 aromatic rings. The van der Waals surface area contributed by atoms with Gasteiger partial charge in [-0.25, -0.2) is 0 Å². The molecule has 0 aliphatic rings. The maximum atomic E-state index is 9.57. The van der Waals surface area contributed by atoms with Gasteiger partial charge in [0.05, 0.1) is 18.0 Å². The Balaban J connectivity index is 2.17.